The Morgan fingerprint density at radius 1 is 0.909 bits per heavy atom. The van der Waals surface area contributed by atoms with Crippen molar-refractivity contribution in [3.63, 3.8) is 0 Å². The van der Waals surface area contributed by atoms with E-state index in [2.05, 4.69) is 17.6 Å². The van der Waals surface area contributed by atoms with Gasteiger partial charge in [-0.3, -0.25) is 0 Å². The summed E-state index contributed by atoms with van der Waals surface area (Å²) in [6, 6.07) is 9.11. The van der Waals surface area contributed by atoms with E-state index in [1.54, 1.807) is 7.11 Å². The lowest BCUT2D eigenvalue weighted by Gasteiger charge is -2.28. The molecule has 0 amide bonds. The highest BCUT2D eigenvalue weighted by Crippen LogP contribution is 2.48. The fourth-order valence-electron chi connectivity index (χ4n) is 5.53. The van der Waals surface area contributed by atoms with E-state index in [1.807, 2.05) is 30.3 Å². The van der Waals surface area contributed by atoms with Crippen molar-refractivity contribution in [2.75, 3.05) is 27.4 Å². The summed E-state index contributed by atoms with van der Waals surface area (Å²) in [7, 11) is 2.86. The van der Waals surface area contributed by atoms with Crippen LogP contribution in [0.15, 0.2) is 30.3 Å². The van der Waals surface area contributed by atoms with E-state index in [1.165, 1.54) is 84.2 Å². The third kappa shape index (κ3) is 16.3. The van der Waals surface area contributed by atoms with Gasteiger partial charge in [-0.25, -0.2) is 4.79 Å². The molecule has 252 valence electrons. The molecule has 0 heterocycles. The van der Waals surface area contributed by atoms with Crippen LogP contribution in [0.3, 0.4) is 0 Å². The summed E-state index contributed by atoms with van der Waals surface area (Å²) >= 11 is 10.7. The lowest BCUT2D eigenvalue weighted by Crippen LogP contribution is -2.48. The van der Waals surface area contributed by atoms with Gasteiger partial charge in [-0.2, -0.15) is 0 Å². The molecular formula is C32H55N2O7PS2. The Labute approximate surface area is 275 Å². The summed E-state index contributed by atoms with van der Waals surface area (Å²) in [4.78, 5) is 22.7. The number of benzene rings is 1. The van der Waals surface area contributed by atoms with Crippen LogP contribution in [0.1, 0.15) is 102 Å². The first-order chi connectivity index (χ1) is 21.3. The van der Waals surface area contributed by atoms with Crippen molar-refractivity contribution >= 4 is 42.0 Å². The van der Waals surface area contributed by atoms with E-state index in [0.29, 0.717) is 11.5 Å². The smallest absolute Gasteiger partial charge is 0.434 e. The fraction of sp³-hybridized carbons (Fsp3) is 0.750. The first-order valence-electron chi connectivity index (χ1n) is 16.3. The molecule has 12 heteroatoms. The van der Waals surface area contributed by atoms with Crippen LogP contribution in [0.4, 0.5) is 4.79 Å². The van der Waals surface area contributed by atoms with E-state index in [4.69, 9.17) is 47.3 Å². The molecule has 0 bridgehead atoms. The number of carbonyl (C=O) groups excluding carboxylic acids is 1. The number of hydrogen-bond acceptors (Lipinski definition) is 8. The zero-order valence-electron chi connectivity index (χ0n) is 26.9. The highest BCUT2D eigenvalue weighted by molar-refractivity contribution is 8.07. The summed E-state index contributed by atoms with van der Waals surface area (Å²) in [5, 5.41) is 7.14. The Morgan fingerprint density at radius 3 is 2.07 bits per heavy atom. The van der Waals surface area contributed by atoms with Crippen molar-refractivity contribution in [1.82, 2.24) is 10.6 Å². The lowest BCUT2D eigenvalue weighted by atomic mass is 10.0. The predicted molar refractivity (Wildman–Crippen MR) is 183 cm³/mol. The normalized spacial score (nSPS) is 21.0. The second-order valence-corrected chi connectivity index (χ2v) is 14.8. The van der Waals surface area contributed by atoms with E-state index >= 15 is 0 Å². The van der Waals surface area contributed by atoms with Gasteiger partial charge in [0.15, 0.2) is 5.11 Å². The summed E-state index contributed by atoms with van der Waals surface area (Å²) < 4.78 is 27.2. The maximum absolute atomic E-state index is 12.3. The second kappa shape index (κ2) is 23.1. The van der Waals surface area contributed by atoms with Gasteiger partial charge in [-0.1, -0.05) is 114 Å². The standard InChI is InChI=1S/C32H55N2O7PS2/c1-4-5-6-7-8-9-10-11-12-13-14-15-19-22-33-31(43)34-28-23-27(29(30(28)37-2)41-42(36,44)38-3)25-40-32(35)39-24-26-20-17-16-18-21-26/h16-18,20-21,27-30H,4-15,19,22-25H2,1-3H3,(H,36,44)(H2,33,34,43)/t27-,28-,29?,30-,42?/m1/s1. The molecule has 5 atom stereocenters. The number of unbranched alkanes of at least 4 members (excludes halogenated alkanes) is 12. The maximum atomic E-state index is 12.3. The molecule has 0 radical (unpaired) electrons. The Morgan fingerprint density at radius 2 is 1.50 bits per heavy atom. The molecule has 1 aromatic rings. The number of ether oxygens (including phenoxy) is 3. The molecule has 1 fully saturated rings. The molecule has 3 N–H and O–H groups in total. The summed E-state index contributed by atoms with van der Waals surface area (Å²) in [5.74, 6) is -0.338. The number of nitrogens with one attached hydrogen (secondary N) is 2. The van der Waals surface area contributed by atoms with Crippen molar-refractivity contribution < 1.29 is 32.9 Å². The van der Waals surface area contributed by atoms with Gasteiger partial charge < -0.3 is 38.8 Å². The van der Waals surface area contributed by atoms with Gasteiger partial charge in [0.1, 0.15) is 25.4 Å². The van der Waals surface area contributed by atoms with Crippen LogP contribution < -0.4 is 10.6 Å². The van der Waals surface area contributed by atoms with E-state index in [0.717, 1.165) is 18.5 Å². The van der Waals surface area contributed by atoms with Crippen LogP contribution in [0.5, 0.6) is 0 Å². The minimum Gasteiger partial charge on any atom is -0.434 e. The van der Waals surface area contributed by atoms with Gasteiger partial charge >= 0.3 is 12.9 Å². The number of thiocarbonyl (C=S) groups is 1. The van der Waals surface area contributed by atoms with E-state index in [-0.39, 0.29) is 25.2 Å². The third-order valence-electron chi connectivity index (χ3n) is 8.00. The van der Waals surface area contributed by atoms with Crippen molar-refractivity contribution in [2.24, 2.45) is 5.92 Å². The van der Waals surface area contributed by atoms with Crippen LogP contribution in [0.2, 0.25) is 0 Å². The molecule has 1 aliphatic carbocycles. The molecular weight excluding hydrogens is 619 g/mol. The minimum atomic E-state index is -3.51. The first kappa shape index (κ1) is 38.9. The Kier molecular flexibility index (Phi) is 20.4. The quantitative estimate of drug-likeness (QED) is 0.0464. The van der Waals surface area contributed by atoms with Crippen LogP contribution in [0, 0.1) is 5.92 Å². The van der Waals surface area contributed by atoms with Gasteiger partial charge in [-0.05, 0) is 42.4 Å². The third-order valence-corrected chi connectivity index (χ3v) is 9.94. The predicted octanol–water partition coefficient (Wildman–Crippen LogP) is 7.55. The second-order valence-electron chi connectivity index (χ2n) is 11.5. The van der Waals surface area contributed by atoms with Gasteiger partial charge in [0.25, 0.3) is 0 Å². The maximum Gasteiger partial charge on any atom is 0.508 e. The number of rotatable bonds is 23. The highest BCUT2D eigenvalue weighted by Gasteiger charge is 2.47. The zero-order chi connectivity index (χ0) is 32.0. The molecule has 2 rings (SSSR count). The van der Waals surface area contributed by atoms with Crippen molar-refractivity contribution in [1.29, 1.82) is 0 Å². The van der Waals surface area contributed by atoms with E-state index in [9.17, 15) is 9.69 Å². The number of carbonyl (C=O) groups is 1. The zero-order valence-corrected chi connectivity index (χ0v) is 29.4. The molecule has 0 spiro atoms. The summed E-state index contributed by atoms with van der Waals surface area (Å²) in [6.07, 6.45) is 15.6. The van der Waals surface area contributed by atoms with Gasteiger partial charge in [0, 0.05) is 26.7 Å². The summed E-state index contributed by atoms with van der Waals surface area (Å²) in [6.45, 7) is -0.360. The molecule has 1 saturated carbocycles. The first-order valence-corrected chi connectivity index (χ1v) is 19.3. The van der Waals surface area contributed by atoms with Gasteiger partial charge in [0.2, 0.25) is 0 Å². The topological polar surface area (TPSA) is 108 Å². The molecule has 0 saturated heterocycles. The Hall–Kier alpha value is -1.33. The molecule has 9 nitrogen and oxygen atoms in total. The van der Waals surface area contributed by atoms with Crippen LogP contribution >= 0.6 is 18.9 Å². The summed E-state index contributed by atoms with van der Waals surface area (Å²) in [5.41, 5.74) is 0.858. The number of methoxy groups -OCH3 is 1. The van der Waals surface area contributed by atoms with E-state index < -0.39 is 25.1 Å². The highest BCUT2D eigenvalue weighted by atomic mass is 32.5. The Balaban J connectivity index is 1.71. The fourth-order valence-corrected chi connectivity index (χ4v) is 6.77. The van der Waals surface area contributed by atoms with Crippen LogP contribution in [-0.2, 0) is 41.7 Å². The monoisotopic (exact) mass is 674 g/mol. The Bertz CT molecular complexity index is 975. The molecule has 1 aromatic carbocycles. The minimum absolute atomic E-state index is 0.00543. The SMILES string of the molecule is CCCCCCCCCCCCCCCNC(=S)N[C@@H]1C[C@H](COC(=O)OCc2ccccc2)C(OP(O)(=S)OC)[C@@H]1OC. The van der Waals surface area contributed by atoms with Gasteiger partial charge in [0.05, 0.1) is 6.04 Å². The molecule has 0 aromatic heterocycles. The average Bonchev–Trinajstić information content (AvgIpc) is 3.33. The largest absolute Gasteiger partial charge is 0.508 e. The van der Waals surface area contributed by atoms with Crippen molar-refractivity contribution in [2.45, 2.75) is 122 Å². The lowest BCUT2D eigenvalue weighted by molar-refractivity contribution is -0.0251. The average molecular weight is 675 g/mol. The van der Waals surface area contributed by atoms with Crippen molar-refractivity contribution in [3.8, 4) is 0 Å². The molecule has 2 unspecified atom stereocenters. The van der Waals surface area contributed by atoms with Crippen LogP contribution in [-0.4, -0.2) is 61.8 Å². The van der Waals surface area contributed by atoms with Gasteiger partial charge in [-0.15, -0.1) is 0 Å². The van der Waals surface area contributed by atoms with Crippen LogP contribution in [0.25, 0.3) is 0 Å². The molecule has 1 aliphatic rings. The van der Waals surface area contributed by atoms with Crippen molar-refractivity contribution in [3.05, 3.63) is 35.9 Å². The molecule has 44 heavy (non-hydrogen) atoms. The number of hydrogen-bond donors (Lipinski definition) is 3. The molecule has 0 aliphatic heterocycles.